The number of hydrogen-bond donors (Lipinski definition) is 1. The topological polar surface area (TPSA) is 65.8 Å². The van der Waals surface area contributed by atoms with E-state index in [1.54, 1.807) is 36.4 Å². The third-order valence-corrected chi connectivity index (χ3v) is 3.86. The van der Waals surface area contributed by atoms with Crippen LogP contribution in [0.5, 0.6) is 0 Å². The molecule has 1 aromatic carbocycles. The Kier molecular flexibility index (Phi) is 3.31. The highest BCUT2D eigenvalue weighted by molar-refractivity contribution is 8.01. The van der Waals surface area contributed by atoms with Crippen molar-refractivity contribution in [2.24, 2.45) is 0 Å². The van der Waals surface area contributed by atoms with E-state index in [0.717, 1.165) is 0 Å². The molecule has 0 radical (unpaired) electrons. The second-order valence-corrected chi connectivity index (χ2v) is 5.66. The molecule has 0 fully saturated rings. The van der Waals surface area contributed by atoms with Crippen molar-refractivity contribution in [2.75, 3.05) is 4.72 Å². The highest BCUT2D eigenvalue weighted by atomic mass is 32.2. The Hall–Kier alpha value is -2.32. The Bertz CT molecular complexity index is 670. The standard InChI is InChI=1S/C13H11N3OS/c1-18(17,12-5-3-2-4-6-12)16-13-8-7-11(9-14)10-15-13/h2-8,10H,1H2,(H,15,16,17). The molecule has 18 heavy (non-hydrogen) atoms. The number of aromatic nitrogens is 1. The van der Waals surface area contributed by atoms with Crippen molar-refractivity contribution in [1.29, 1.82) is 5.26 Å². The first kappa shape index (κ1) is 12.1. The number of hydrogen-bond acceptors (Lipinski definition) is 3. The molecule has 1 unspecified atom stereocenters. The molecule has 0 saturated heterocycles. The molecule has 2 rings (SSSR count). The molecule has 1 aromatic heterocycles. The van der Waals surface area contributed by atoms with Crippen LogP contribution in [0, 0.1) is 11.3 Å². The molecule has 0 spiro atoms. The predicted octanol–water partition coefficient (Wildman–Crippen LogP) is 2.06. The molecule has 5 heteroatoms. The number of nitriles is 1. The lowest BCUT2D eigenvalue weighted by atomic mass is 10.3. The first-order valence-electron chi connectivity index (χ1n) is 5.18. The Morgan fingerprint density at radius 2 is 1.94 bits per heavy atom. The molecule has 0 aliphatic heterocycles. The molecule has 1 N–H and O–H groups in total. The van der Waals surface area contributed by atoms with Crippen LogP contribution in [0.3, 0.4) is 0 Å². The monoisotopic (exact) mass is 257 g/mol. The summed E-state index contributed by atoms with van der Waals surface area (Å²) < 4.78 is 15.2. The maximum absolute atomic E-state index is 12.4. The minimum atomic E-state index is -2.63. The van der Waals surface area contributed by atoms with E-state index in [2.05, 4.69) is 15.6 Å². The van der Waals surface area contributed by atoms with Gasteiger partial charge in [0.2, 0.25) is 0 Å². The van der Waals surface area contributed by atoms with Gasteiger partial charge in [0.15, 0.2) is 0 Å². The van der Waals surface area contributed by atoms with Crippen LogP contribution in [0.15, 0.2) is 53.6 Å². The molecule has 90 valence electrons. The van der Waals surface area contributed by atoms with Gasteiger partial charge in [0.05, 0.1) is 15.3 Å². The highest BCUT2D eigenvalue weighted by Gasteiger charge is 2.07. The van der Waals surface area contributed by atoms with Gasteiger partial charge in [0.1, 0.15) is 11.9 Å². The van der Waals surface area contributed by atoms with Crippen molar-refractivity contribution in [1.82, 2.24) is 4.98 Å². The molecule has 1 atom stereocenters. The fraction of sp³-hybridized carbons (Fsp3) is 0. The number of rotatable bonds is 3. The summed E-state index contributed by atoms with van der Waals surface area (Å²) in [5.41, 5.74) is 0.454. The third kappa shape index (κ3) is 2.67. The summed E-state index contributed by atoms with van der Waals surface area (Å²) in [5, 5.41) is 8.66. The normalized spacial score (nSPS) is 13.3. The average molecular weight is 257 g/mol. The fourth-order valence-electron chi connectivity index (χ4n) is 1.39. The van der Waals surface area contributed by atoms with E-state index in [4.69, 9.17) is 5.26 Å². The van der Waals surface area contributed by atoms with E-state index in [9.17, 15) is 4.21 Å². The van der Waals surface area contributed by atoms with Crippen LogP contribution in [0.4, 0.5) is 5.82 Å². The Morgan fingerprint density at radius 3 is 2.50 bits per heavy atom. The van der Waals surface area contributed by atoms with Gasteiger partial charge in [-0.25, -0.2) is 9.19 Å². The number of benzene rings is 1. The lowest BCUT2D eigenvalue weighted by Crippen LogP contribution is -2.13. The van der Waals surface area contributed by atoms with Crippen LogP contribution in [0.1, 0.15) is 5.56 Å². The minimum Gasteiger partial charge on any atom is -0.294 e. The van der Waals surface area contributed by atoms with Crippen LogP contribution in [-0.2, 0) is 9.71 Å². The SMILES string of the molecule is C=S(=O)(Nc1ccc(C#N)cn1)c1ccccc1. The molecular weight excluding hydrogens is 246 g/mol. The van der Waals surface area contributed by atoms with Gasteiger partial charge in [0, 0.05) is 11.1 Å². The lowest BCUT2D eigenvalue weighted by Gasteiger charge is -2.11. The van der Waals surface area contributed by atoms with Crippen molar-refractivity contribution in [3.63, 3.8) is 0 Å². The predicted molar refractivity (Wildman–Crippen MR) is 72.5 cm³/mol. The number of anilines is 1. The van der Waals surface area contributed by atoms with Crippen LogP contribution in [0.25, 0.3) is 0 Å². The van der Waals surface area contributed by atoms with Crippen LogP contribution in [-0.4, -0.2) is 15.1 Å². The molecule has 1 heterocycles. The summed E-state index contributed by atoms with van der Waals surface area (Å²) in [6, 6.07) is 14.1. The van der Waals surface area contributed by atoms with Gasteiger partial charge in [-0.2, -0.15) is 5.26 Å². The van der Waals surface area contributed by atoms with Gasteiger partial charge in [-0.1, -0.05) is 18.2 Å². The lowest BCUT2D eigenvalue weighted by molar-refractivity contribution is 0.684. The molecule has 0 bridgehead atoms. The van der Waals surface area contributed by atoms with Gasteiger partial charge < -0.3 is 0 Å². The number of pyridine rings is 1. The molecule has 0 aliphatic rings. The maximum atomic E-state index is 12.4. The maximum Gasteiger partial charge on any atom is 0.137 e. The van der Waals surface area contributed by atoms with Crippen LogP contribution >= 0.6 is 0 Å². The number of nitrogens with zero attached hydrogens (tertiary/aromatic N) is 2. The highest BCUT2D eigenvalue weighted by Crippen LogP contribution is 2.13. The second-order valence-electron chi connectivity index (χ2n) is 3.63. The van der Waals surface area contributed by atoms with Gasteiger partial charge in [-0.05, 0) is 30.1 Å². The minimum absolute atomic E-state index is 0.429. The van der Waals surface area contributed by atoms with Crippen LogP contribution < -0.4 is 4.72 Å². The van der Waals surface area contributed by atoms with Gasteiger partial charge in [-0.15, -0.1) is 0 Å². The van der Waals surface area contributed by atoms with E-state index in [1.807, 2.05) is 12.1 Å². The van der Waals surface area contributed by atoms with Crippen molar-refractivity contribution >= 4 is 21.4 Å². The fourth-order valence-corrected chi connectivity index (χ4v) is 2.56. The first-order chi connectivity index (χ1) is 8.62. The molecular formula is C13H11N3OS. The summed E-state index contributed by atoms with van der Waals surface area (Å²) in [6.07, 6.45) is 1.42. The van der Waals surface area contributed by atoms with Gasteiger partial charge in [0.25, 0.3) is 0 Å². The Balaban J connectivity index is 2.26. The van der Waals surface area contributed by atoms with Crippen molar-refractivity contribution in [3.05, 3.63) is 54.2 Å². The zero-order chi connectivity index (χ0) is 13.0. The zero-order valence-electron chi connectivity index (χ0n) is 9.54. The first-order valence-corrected chi connectivity index (χ1v) is 6.91. The average Bonchev–Trinajstić information content (AvgIpc) is 2.40. The number of nitrogens with one attached hydrogen (secondary N) is 1. The molecule has 4 nitrogen and oxygen atoms in total. The molecule has 0 saturated carbocycles. The van der Waals surface area contributed by atoms with Gasteiger partial charge in [-0.3, -0.25) is 4.72 Å². The van der Waals surface area contributed by atoms with Crippen molar-refractivity contribution < 1.29 is 4.21 Å². The Labute approximate surface area is 106 Å². The van der Waals surface area contributed by atoms with E-state index in [1.165, 1.54) is 6.20 Å². The van der Waals surface area contributed by atoms with E-state index >= 15 is 0 Å². The zero-order valence-corrected chi connectivity index (χ0v) is 10.4. The molecule has 2 aromatic rings. The molecule has 0 aliphatic carbocycles. The smallest absolute Gasteiger partial charge is 0.137 e. The van der Waals surface area contributed by atoms with E-state index in [0.29, 0.717) is 16.3 Å². The molecule has 0 amide bonds. The summed E-state index contributed by atoms with van der Waals surface area (Å²) in [4.78, 5) is 4.61. The summed E-state index contributed by atoms with van der Waals surface area (Å²) in [5.74, 6) is 4.12. The van der Waals surface area contributed by atoms with E-state index < -0.39 is 9.71 Å². The van der Waals surface area contributed by atoms with Crippen LogP contribution in [0.2, 0.25) is 0 Å². The Morgan fingerprint density at radius 1 is 1.22 bits per heavy atom. The van der Waals surface area contributed by atoms with E-state index in [-0.39, 0.29) is 0 Å². The quantitative estimate of drug-likeness (QED) is 0.856. The summed E-state index contributed by atoms with van der Waals surface area (Å²) in [7, 11) is -2.63. The van der Waals surface area contributed by atoms with Crippen molar-refractivity contribution in [2.45, 2.75) is 4.90 Å². The largest absolute Gasteiger partial charge is 0.294 e. The summed E-state index contributed by atoms with van der Waals surface area (Å²) in [6.45, 7) is 0. The second kappa shape index (κ2) is 4.90. The van der Waals surface area contributed by atoms with Crippen molar-refractivity contribution in [3.8, 4) is 6.07 Å². The van der Waals surface area contributed by atoms with Gasteiger partial charge >= 0.3 is 0 Å². The summed E-state index contributed by atoms with van der Waals surface area (Å²) >= 11 is 0. The third-order valence-electron chi connectivity index (χ3n) is 2.29.